The van der Waals surface area contributed by atoms with Gasteiger partial charge in [0.2, 0.25) is 5.95 Å². The summed E-state index contributed by atoms with van der Waals surface area (Å²) in [6, 6.07) is 8.49. The van der Waals surface area contributed by atoms with Crippen molar-refractivity contribution in [2.24, 2.45) is 0 Å². The standard InChI is InChI=1S/C13H13ClN4O/c14-11-4-2-10(3-5-11)12(19)15-8-9-18-13-16-6-1-7-17-13/h1-7H,8-9H2,(H,15,19)(H,16,17,18). The largest absolute Gasteiger partial charge is 0.352 e. The van der Waals surface area contributed by atoms with Crippen molar-refractivity contribution in [1.82, 2.24) is 15.3 Å². The molecule has 0 bridgehead atoms. The number of aromatic nitrogens is 2. The lowest BCUT2D eigenvalue weighted by molar-refractivity contribution is 0.0955. The molecule has 2 aromatic rings. The van der Waals surface area contributed by atoms with Gasteiger partial charge in [-0.2, -0.15) is 0 Å². The number of hydrogen-bond acceptors (Lipinski definition) is 4. The normalized spacial score (nSPS) is 9.95. The molecule has 0 aliphatic heterocycles. The molecule has 0 aliphatic rings. The van der Waals surface area contributed by atoms with Crippen LogP contribution >= 0.6 is 11.6 Å². The maximum Gasteiger partial charge on any atom is 0.251 e. The van der Waals surface area contributed by atoms with Crippen molar-refractivity contribution in [3.8, 4) is 0 Å². The lowest BCUT2D eigenvalue weighted by atomic mass is 10.2. The minimum absolute atomic E-state index is 0.132. The molecule has 0 radical (unpaired) electrons. The van der Waals surface area contributed by atoms with E-state index < -0.39 is 0 Å². The van der Waals surface area contributed by atoms with Gasteiger partial charge in [-0.1, -0.05) is 11.6 Å². The maximum atomic E-state index is 11.8. The number of benzene rings is 1. The van der Waals surface area contributed by atoms with E-state index in [9.17, 15) is 4.79 Å². The average molecular weight is 277 g/mol. The van der Waals surface area contributed by atoms with Gasteiger partial charge in [0.1, 0.15) is 0 Å². The van der Waals surface area contributed by atoms with E-state index in [1.165, 1.54) is 0 Å². The Bertz CT molecular complexity index is 530. The summed E-state index contributed by atoms with van der Waals surface area (Å²) in [4.78, 5) is 19.8. The summed E-state index contributed by atoms with van der Waals surface area (Å²) >= 11 is 5.76. The van der Waals surface area contributed by atoms with E-state index >= 15 is 0 Å². The Hall–Kier alpha value is -2.14. The second-order valence-electron chi connectivity index (χ2n) is 3.76. The molecule has 98 valence electrons. The summed E-state index contributed by atoms with van der Waals surface area (Å²) in [5.74, 6) is 0.413. The minimum atomic E-state index is -0.132. The van der Waals surface area contributed by atoms with E-state index in [2.05, 4.69) is 20.6 Å². The molecule has 2 rings (SSSR count). The lowest BCUT2D eigenvalue weighted by Gasteiger charge is -2.06. The van der Waals surface area contributed by atoms with Crippen LogP contribution < -0.4 is 10.6 Å². The predicted molar refractivity (Wildman–Crippen MR) is 74.3 cm³/mol. The summed E-state index contributed by atoms with van der Waals surface area (Å²) in [6.45, 7) is 1.04. The van der Waals surface area contributed by atoms with E-state index in [0.717, 1.165) is 0 Å². The van der Waals surface area contributed by atoms with Crippen LogP contribution in [0.25, 0.3) is 0 Å². The van der Waals surface area contributed by atoms with Crippen LogP contribution in [0.2, 0.25) is 5.02 Å². The van der Waals surface area contributed by atoms with Crippen molar-refractivity contribution in [2.45, 2.75) is 0 Å². The number of amides is 1. The van der Waals surface area contributed by atoms with Crippen LogP contribution in [-0.4, -0.2) is 29.0 Å². The number of rotatable bonds is 5. The second kappa shape index (κ2) is 6.70. The molecule has 1 heterocycles. The van der Waals surface area contributed by atoms with Gasteiger partial charge >= 0.3 is 0 Å². The van der Waals surface area contributed by atoms with Crippen molar-refractivity contribution in [3.05, 3.63) is 53.3 Å². The molecule has 0 aliphatic carbocycles. The lowest BCUT2D eigenvalue weighted by Crippen LogP contribution is -2.28. The third-order valence-corrected chi connectivity index (χ3v) is 2.62. The molecular weight excluding hydrogens is 264 g/mol. The van der Waals surface area contributed by atoms with Crippen molar-refractivity contribution < 1.29 is 4.79 Å². The second-order valence-corrected chi connectivity index (χ2v) is 4.20. The highest BCUT2D eigenvalue weighted by molar-refractivity contribution is 6.30. The fraction of sp³-hybridized carbons (Fsp3) is 0.154. The maximum absolute atomic E-state index is 11.8. The molecule has 0 saturated heterocycles. The van der Waals surface area contributed by atoms with Crippen LogP contribution in [0.15, 0.2) is 42.7 Å². The number of hydrogen-bond donors (Lipinski definition) is 2. The molecule has 0 saturated carbocycles. The summed E-state index contributed by atoms with van der Waals surface area (Å²) < 4.78 is 0. The number of carbonyl (C=O) groups excluding carboxylic acids is 1. The molecule has 0 unspecified atom stereocenters. The molecular formula is C13H13ClN4O. The molecule has 0 spiro atoms. The Morgan fingerprint density at radius 2 is 1.79 bits per heavy atom. The van der Waals surface area contributed by atoms with Crippen molar-refractivity contribution in [2.75, 3.05) is 18.4 Å². The monoisotopic (exact) mass is 276 g/mol. The van der Waals surface area contributed by atoms with Gasteiger partial charge in [0.15, 0.2) is 0 Å². The third kappa shape index (κ3) is 4.22. The van der Waals surface area contributed by atoms with Gasteiger partial charge in [-0.05, 0) is 30.3 Å². The van der Waals surface area contributed by atoms with Crippen molar-refractivity contribution in [3.63, 3.8) is 0 Å². The van der Waals surface area contributed by atoms with E-state index in [-0.39, 0.29) is 5.91 Å². The van der Waals surface area contributed by atoms with Crippen LogP contribution in [0, 0.1) is 0 Å². The predicted octanol–water partition coefficient (Wildman–Crippen LogP) is 1.97. The first-order chi connectivity index (χ1) is 9.25. The molecule has 2 N–H and O–H groups in total. The van der Waals surface area contributed by atoms with Gasteiger partial charge in [0, 0.05) is 36.1 Å². The number of nitrogens with zero attached hydrogens (tertiary/aromatic N) is 2. The molecule has 19 heavy (non-hydrogen) atoms. The van der Waals surface area contributed by atoms with E-state index in [4.69, 9.17) is 11.6 Å². The highest BCUT2D eigenvalue weighted by Crippen LogP contribution is 2.09. The molecule has 0 atom stereocenters. The molecule has 0 fully saturated rings. The number of halogens is 1. The summed E-state index contributed by atoms with van der Waals surface area (Å²) in [6.07, 6.45) is 3.31. The van der Waals surface area contributed by atoms with Gasteiger partial charge in [-0.15, -0.1) is 0 Å². The summed E-state index contributed by atoms with van der Waals surface area (Å²) in [7, 11) is 0. The fourth-order valence-electron chi connectivity index (χ4n) is 1.44. The van der Waals surface area contributed by atoms with Crippen LogP contribution in [0.4, 0.5) is 5.95 Å². The minimum Gasteiger partial charge on any atom is -0.352 e. The van der Waals surface area contributed by atoms with Crippen LogP contribution in [0.3, 0.4) is 0 Å². The van der Waals surface area contributed by atoms with E-state index in [1.807, 2.05) is 0 Å². The zero-order valence-corrected chi connectivity index (χ0v) is 10.9. The zero-order chi connectivity index (χ0) is 13.5. The quantitative estimate of drug-likeness (QED) is 0.820. The van der Waals surface area contributed by atoms with Crippen LogP contribution in [0.1, 0.15) is 10.4 Å². The van der Waals surface area contributed by atoms with Gasteiger partial charge in [0.05, 0.1) is 0 Å². The molecule has 1 amide bonds. The van der Waals surface area contributed by atoms with E-state index in [1.54, 1.807) is 42.7 Å². The molecule has 6 heteroatoms. The van der Waals surface area contributed by atoms with Crippen molar-refractivity contribution >= 4 is 23.5 Å². The Kier molecular flexibility index (Phi) is 4.69. The van der Waals surface area contributed by atoms with Crippen LogP contribution in [-0.2, 0) is 0 Å². The topological polar surface area (TPSA) is 66.9 Å². The van der Waals surface area contributed by atoms with Crippen molar-refractivity contribution in [1.29, 1.82) is 0 Å². The first-order valence-electron chi connectivity index (χ1n) is 5.80. The Balaban J connectivity index is 1.74. The molecule has 5 nitrogen and oxygen atoms in total. The first-order valence-corrected chi connectivity index (χ1v) is 6.18. The summed E-state index contributed by atoms with van der Waals surface area (Å²) in [5.41, 5.74) is 0.584. The zero-order valence-electron chi connectivity index (χ0n) is 10.1. The SMILES string of the molecule is O=C(NCCNc1ncccn1)c1ccc(Cl)cc1. The fourth-order valence-corrected chi connectivity index (χ4v) is 1.57. The van der Waals surface area contributed by atoms with Gasteiger partial charge in [-0.3, -0.25) is 4.79 Å². The van der Waals surface area contributed by atoms with Gasteiger partial charge < -0.3 is 10.6 Å². The number of carbonyl (C=O) groups is 1. The third-order valence-electron chi connectivity index (χ3n) is 2.37. The Morgan fingerprint density at radius 3 is 2.47 bits per heavy atom. The number of anilines is 1. The Labute approximate surface area is 116 Å². The molecule has 1 aromatic heterocycles. The first kappa shape index (κ1) is 13.3. The van der Waals surface area contributed by atoms with Crippen LogP contribution in [0.5, 0.6) is 0 Å². The Morgan fingerprint density at radius 1 is 1.11 bits per heavy atom. The number of nitrogens with one attached hydrogen (secondary N) is 2. The van der Waals surface area contributed by atoms with Gasteiger partial charge in [0.25, 0.3) is 5.91 Å². The highest BCUT2D eigenvalue weighted by Gasteiger charge is 2.03. The molecule has 1 aromatic carbocycles. The smallest absolute Gasteiger partial charge is 0.251 e. The van der Waals surface area contributed by atoms with Gasteiger partial charge in [-0.25, -0.2) is 9.97 Å². The summed E-state index contributed by atoms with van der Waals surface area (Å²) in [5, 5.41) is 6.40. The van der Waals surface area contributed by atoms with E-state index in [0.29, 0.717) is 29.6 Å². The highest BCUT2D eigenvalue weighted by atomic mass is 35.5. The average Bonchev–Trinajstić information content (AvgIpc) is 2.45.